The van der Waals surface area contributed by atoms with Gasteiger partial charge >= 0.3 is 12.1 Å². The molecular formula is C30H43N3O6. The number of hydrogen-bond donors (Lipinski definition) is 2. The van der Waals surface area contributed by atoms with Crippen molar-refractivity contribution in [2.45, 2.75) is 76.2 Å². The fourth-order valence-corrected chi connectivity index (χ4v) is 8.30. The summed E-state index contributed by atoms with van der Waals surface area (Å²) in [6, 6.07) is 5.61. The maximum Gasteiger partial charge on any atom is 0.407 e. The van der Waals surface area contributed by atoms with Gasteiger partial charge in [-0.3, -0.25) is 9.69 Å². The van der Waals surface area contributed by atoms with Crippen molar-refractivity contribution in [2.75, 3.05) is 45.3 Å². The number of benzene rings is 1. The first-order valence-corrected chi connectivity index (χ1v) is 14.2. The van der Waals surface area contributed by atoms with E-state index in [0.717, 1.165) is 42.9 Å². The number of fused-ring (bicyclic) bond motifs is 1. The Balaban J connectivity index is 1.65. The number of carbonyl (C=O) groups is 2. The normalized spacial score (nSPS) is 34.4. The van der Waals surface area contributed by atoms with Crippen LogP contribution in [0, 0.1) is 11.3 Å². The highest BCUT2D eigenvalue weighted by Gasteiger charge is 2.78. The van der Waals surface area contributed by atoms with Gasteiger partial charge in [0.2, 0.25) is 0 Å². The molecule has 2 N–H and O–H groups in total. The maximum atomic E-state index is 12.9. The average Bonchev–Trinajstić information content (AvgIpc) is 3.41. The fraction of sp³-hybridized carbons (Fsp3) is 0.667. The zero-order valence-corrected chi connectivity index (χ0v) is 24.0. The number of ether oxygens (including phenoxy) is 3. The molecule has 1 saturated heterocycles. The van der Waals surface area contributed by atoms with Crippen molar-refractivity contribution < 1.29 is 28.9 Å². The van der Waals surface area contributed by atoms with Gasteiger partial charge in [0.05, 0.1) is 13.2 Å². The first kappa shape index (κ1) is 27.8. The van der Waals surface area contributed by atoms with Gasteiger partial charge < -0.3 is 29.5 Å². The summed E-state index contributed by atoms with van der Waals surface area (Å²) >= 11 is 0. The average molecular weight is 542 g/mol. The predicted molar refractivity (Wildman–Crippen MR) is 148 cm³/mol. The molecule has 2 fully saturated rings. The number of alkyl carbamates (subject to hydrolysis) is 1. The van der Waals surface area contributed by atoms with Crippen molar-refractivity contribution in [3.05, 3.63) is 35.9 Å². The summed E-state index contributed by atoms with van der Waals surface area (Å²) in [5.41, 5.74) is -0.709. The highest BCUT2D eigenvalue weighted by atomic mass is 16.6. The molecule has 0 bridgehead atoms. The molecule has 5 rings (SSSR count). The van der Waals surface area contributed by atoms with Crippen LogP contribution < -0.4 is 15.0 Å². The lowest BCUT2D eigenvalue weighted by molar-refractivity contribution is -0.228. The van der Waals surface area contributed by atoms with Crippen LogP contribution in [0.5, 0.6) is 5.75 Å². The van der Waals surface area contributed by atoms with Crippen molar-refractivity contribution >= 4 is 17.7 Å². The van der Waals surface area contributed by atoms with Crippen molar-refractivity contribution in [1.29, 1.82) is 0 Å². The van der Waals surface area contributed by atoms with Gasteiger partial charge in [0.25, 0.3) is 0 Å². The number of anilines is 1. The predicted octanol–water partition coefficient (Wildman–Crippen LogP) is 3.24. The van der Waals surface area contributed by atoms with Crippen LogP contribution in [0.1, 0.15) is 52.5 Å². The summed E-state index contributed by atoms with van der Waals surface area (Å²) in [5.74, 6) is 0.702. The van der Waals surface area contributed by atoms with Crippen molar-refractivity contribution in [3.8, 4) is 5.75 Å². The van der Waals surface area contributed by atoms with E-state index in [0.29, 0.717) is 18.9 Å². The summed E-state index contributed by atoms with van der Waals surface area (Å²) in [6.45, 7) is 9.48. The summed E-state index contributed by atoms with van der Waals surface area (Å²) < 4.78 is 17.4. The minimum absolute atomic E-state index is 0.00779. The van der Waals surface area contributed by atoms with Crippen LogP contribution in [0.2, 0.25) is 0 Å². The second-order valence-corrected chi connectivity index (χ2v) is 12.1. The lowest BCUT2D eigenvalue weighted by atomic mass is 9.48. The highest BCUT2D eigenvalue weighted by molar-refractivity contribution is 5.72. The molecule has 1 aromatic rings. The van der Waals surface area contributed by atoms with E-state index in [1.54, 1.807) is 7.11 Å². The monoisotopic (exact) mass is 541 g/mol. The number of rotatable bonds is 8. The Bertz CT molecular complexity index is 1160. The number of aliphatic hydroxyl groups is 1. The number of amides is 1. The van der Waals surface area contributed by atoms with E-state index in [1.807, 2.05) is 19.2 Å². The van der Waals surface area contributed by atoms with Crippen molar-refractivity contribution in [3.63, 3.8) is 0 Å². The second-order valence-electron chi connectivity index (χ2n) is 12.1. The van der Waals surface area contributed by atoms with Crippen LogP contribution in [-0.2, 0) is 19.7 Å². The van der Waals surface area contributed by atoms with Crippen molar-refractivity contribution in [2.24, 2.45) is 11.3 Å². The van der Waals surface area contributed by atoms with Gasteiger partial charge in [0.15, 0.2) is 5.60 Å². The van der Waals surface area contributed by atoms with E-state index >= 15 is 0 Å². The molecule has 4 aliphatic rings. The Kier molecular flexibility index (Phi) is 7.12. The van der Waals surface area contributed by atoms with Gasteiger partial charge in [-0.25, -0.2) is 4.79 Å². The third-order valence-corrected chi connectivity index (χ3v) is 9.64. The summed E-state index contributed by atoms with van der Waals surface area (Å²) in [6.07, 6.45) is 5.07. The second kappa shape index (κ2) is 10.0. The van der Waals surface area contributed by atoms with Gasteiger partial charge in [-0.05, 0) is 43.4 Å². The molecule has 1 spiro atoms. The lowest BCUT2D eigenvalue weighted by Crippen LogP contribution is -2.80. The Hall–Kier alpha value is -2.78. The fourth-order valence-electron chi connectivity index (χ4n) is 8.30. The van der Waals surface area contributed by atoms with E-state index in [9.17, 15) is 14.7 Å². The molecule has 9 heteroatoms. The molecule has 3 aliphatic heterocycles. The molecule has 9 nitrogen and oxygen atoms in total. The third-order valence-electron chi connectivity index (χ3n) is 9.64. The molecule has 2 unspecified atom stereocenters. The van der Waals surface area contributed by atoms with E-state index in [1.165, 1.54) is 6.92 Å². The number of likely N-dealkylation sites (N-methyl/N-ethyl adjacent to an activating group) is 1. The largest absolute Gasteiger partial charge is 0.497 e. The molecule has 214 valence electrons. The molecule has 39 heavy (non-hydrogen) atoms. The number of esters is 1. The Morgan fingerprint density at radius 2 is 2.03 bits per heavy atom. The minimum atomic E-state index is -1.69. The molecule has 0 aromatic heterocycles. The van der Waals surface area contributed by atoms with Crippen LogP contribution in [0.3, 0.4) is 0 Å². The number of nitrogens with zero attached hydrogens (tertiary/aromatic N) is 2. The Labute approximate surface area is 231 Å². The summed E-state index contributed by atoms with van der Waals surface area (Å²) in [7, 11) is 3.61. The first-order chi connectivity index (χ1) is 18.5. The van der Waals surface area contributed by atoms with Gasteiger partial charge in [0, 0.05) is 55.7 Å². The van der Waals surface area contributed by atoms with Crippen LogP contribution in [-0.4, -0.2) is 86.3 Å². The van der Waals surface area contributed by atoms with Gasteiger partial charge in [-0.1, -0.05) is 39.0 Å². The maximum absolute atomic E-state index is 12.9. The summed E-state index contributed by atoms with van der Waals surface area (Å²) in [4.78, 5) is 30.0. The molecule has 3 heterocycles. The molecule has 1 amide bonds. The molecule has 6 atom stereocenters. The molecule has 1 aliphatic carbocycles. The number of methoxy groups -OCH3 is 1. The quantitative estimate of drug-likeness (QED) is 0.382. The lowest BCUT2D eigenvalue weighted by Gasteiger charge is -2.64. The zero-order valence-electron chi connectivity index (χ0n) is 24.0. The van der Waals surface area contributed by atoms with Gasteiger partial charge in [0.1, 0.15) is 18.5 Å². The SMILES string of the molecule is CC[C@]12C=CCN3CC[C@@]4(c5ccc(OC)cc5N(C)[C@H]4C(O)(COC(=O)NCCC(C)C)[C@@H]1OC(C)=O)C32. The number of hydrogen-bond acceptors (Lipinski definition) is 8. The molecule has 1 saturated carbocycles. The van der Waals surface area contributed by atoms with Crippen LogP contribution >= 0.6 is 0 Å². The van der Waals surface area contributed by atoms with E-state index < -0.39 is 40.6 Å². The Morgan fingerprint density at radius 1 is 1.26 bits per heavy atom. The third kappa shape index (κ3) is 4.03. The Morgan fingerprint density at radius 3 is 2.69 bits per heavy atom. The van der Waals surface area contributed by atoms with Gasteiger partial charge in [-0.2, -0.15) is 0 Å². The van der Waals surface area contributed by atoms with E-state index in [2.05, 4.69) is 54.1 Å². The molecule has 1 aromatic carbocycles. The smallest absolute Gasteiger partial charge is 0.407 e. The molecular weight excluding hydrogens is 498 g/mol. The van der Waals surface area contributed by atoms with E-state index in [4.69, 9.17) is 14.2 Å². The first-order valence-electron chi connectivity index (χ1n) is 14.2. The highest BCUT2D eigenvalue weighted by Crippen LogP contribution is 2.67. The topological polar surface area (TPSA) is 101 Å². The number of nitrogens with one attached hydrogen (secondary N) is 1. The molecule has 0 radical (unpaired) electrons. The van der Waals surface area contributed by atoms with Crippen molar-refractivity contribution in [1.82, 2.24) is 10.2 Å². The van der Waals surface area contributed by atoms with Crippen LogP contribution in [0.15, 0.2) is 30.4 Å². The number of carbonyl (C=O) groups excluding carboxylic acids is 2. The standard InChI is InChI=1S/C30H43N3O6/c1-7-28-12-8-15-33-16-13-29(24(28)33)22-10-9-21(37-6)17-23(22)32(5)25(29)30(36,26(28)39-20(4)34)18-38-27(35)31-14-11-19(2)3/h8-10,12,17,19,24-26,36H,7,11,13-16,18H2,1-6H3,(H,31,35)/t24?,25-,26-,28-,29-,30?/m1/s1. The van der Waals surface area contributed by atoms with E-state index in [-0.39, 0.29) is 12.6 Å². The van der Waals surface area contributed by atoms with Crippen LogP contribution in [0.4, 0.5) is 10.5 Å². The summed E-state index contributed by atoms with van der Waals surface area (Å²) in [5, 5.41) is 15.7. The minimum Gasteiger partial charge on any atom is -0.497 e. The van der Waals surface area contributed by atoms with Gasteiger partial charge in [-0.15, -0.1) is 0 Å². The zero-order chi connectivity index (χ0) is 28.2. The van der Waals surface area contributed by atoms with Crippen LogP contribution in [0.25, 0.3) is 0 Å².